The van der Waals surface area contributed by atoms with E-state index in [2.05, 4.69) is 106 Å². The normalized spacial score (nSPS) is 13.9. The van der Waals surface area contributed by atoms with Crippen LogP contribution in [0.25, 0.3) is 0 Å². The highest BCUT2D eigenvalue weighted by atomic mass is 31.2. The minimum atomic E-state index is -4.76. The molecule has 0 aliphatic rings. The number of unbranched alkanes of at least 4 members (excludes halogenated alkanes) is 25. The quantitative estimate of drug-likeness (QED) is 0.0197. The van der Waals surface area contributed by atoms with Crippen LogP contribution in [0.15, 0.2) is 85.1 Å². The number of hydrogen-bond donors (Lipinski definition) is 2. The molecule has 438 valence electrons. The second-order valence-electron chi connectivity index (χ2n) is 20.1. The summed E-state index contributed by atoms with van der Waals surface area (Å²) in [5.74, 6) is -1.50. The van der Waals surface area contributed by atoms with Crippen LogP contribution < -0.4 is 0 Å². The minimum absolute atomic E-state index is 0.149. The molecule has 0 rings (SSSR count). The van der Waals surface area contributed by atoms with E-state index >= 15 is 0 Å². The van der Waals surface area contributed by atoms with Gasteiger partial charge >= 0.3 is 25.7 Å². The average Bonchev–Trinajstić information content (AvgIpc) is 3.41. The number of hydrogen-bond acceptors (Lipinski definition) is 10. The Labute approximate surface area is 464 Å². The van der Waals surface area contributed by atoms with Crippen molar-refractivity contribution < 1.29 is 52.2 Å². The Bertz CT molecular complexity index is 1600. The average molecular weight is 1090 g/mol. The number of allylic oxidation sites excluding steroid dienone is 14. The summed E-state index contributed by atoms with van der Waals surface area (Å²) in [6, 6.07) is 0. The van der Waals surface area contributed by atoms with Gasteiger partial charge in [0.15, 0.2) is 6.10 Å². The molecule has 0 fully saturated rings. The number of aliphatic hydroxyl groups is 1. The first-order chi connectivity index (χ1) is 37.2. The number of carbonyl (C=O) groups is 3. The summed E-state index contributed by atoms with van der Waals surface area (Å²) >= 11 is 0. The molecule has 11 nitrogen and oxygen atoms in total. The number of phosphoric ester groups is 1. The van der Waals surface area contributed by atoms with Gasteiger partial charge in [0.25, 0.3) is 0 Å². The van der Waals surface area contributed by atoms with Crippen molar-refractivity contribution in [2.45, 2.75) is 277 Å². The Kier molecular flexibility index (Phi) is 55.3. The molecule has 0 heterocycles. The molecule has 0 aliphatic carbocycles. The summed E-state index contributed by atoms with van der Waals surface area (Å²) in [4.78, 5) is 48.7. The van der Waals surface area contributed by atoms with Gasteiger partial charge in [-0.05, 0) is 89.9 Å². The molecular formula is C64H111O11P. The van der Waals surface area contributed by atoms with Crippen LogP contribution in [0, 0.1) is 0 Å². The highest BCUT2D eigenvalue weighted by Crippen LogP contribution is 2.43. The third-order valence-corrected chi connectivity index (χ3v) is 13.8. The second kappa shape index (κ2) is 57.8. The van der Waals surface area contributed by atoms with Gasteiger partial charge in [-0.3, -0.25) is 23.4 Å². The summed E-state index contributed by atoms with van der Waals surface area (Å²) in [7, 11) is -4.76. The second-order valence-corrected chi connectivity index (χ2v) is 21.6. The number of rotatable bonds is 56. The largest absolute Gasteiger partial charge is 0.472 e. The summed E-state index contributed by atoms with van der Waals surface area (Å²) in [5, 5.41) is 9.83. The van der Waals surface area contributed by atoms with Gasteiger partial charge in [-0.1, -0.05) is 241 Å². The Balaban J connectivity index is 4.76. The molecule has 12 heteroatoms. The zero-order valence-electron chi connectivity index (χ0n) is 48.5. The third-order valence-electron chi connectivity index (χ3n) is 12.8. The van der Waals surface area contributed by atoms with E-state index in [1.807, 2.05) is 0 Å². The van der Waals surface area contributed by atoms with Gasteiger partial charge in [0.05, 0.1) is 19.8 Å². The molecule has 3 unspecified atom stereocenters. The van der Waals surface area contributed by atoms with Crippen molar-refractivity contribution in [1.82, 2.24) is 0 Å². The van der Waals surface area contributed by atoms with Crippen LogP contribution in [-0.2, 0) is 42.2 Å². The third kappa shape index (κ3) is 55.4. The highest BCUT2D eigenvalue weighted by Gasteiger charge is 2.28. The van der Waals surface area contributed by atoms with Gasteiger partial charge in [0.2, 0.25) is 0 Å². The summed E-state index contributed by atoms with van der Waals surface area (Å²) < 4.78 is 39.6. The molecular weight excluding hydrogens is 976 g/mol. The number of carbonyl (C=O) groups excluding carboxylic acids is 3. The Morgan fingerprint density at radius 2 is 0.684 bits per heavy atom. The summed E-state index contributed by atoms with van der Waals surface area (Å²) in [6.45, 7) is 4.41. The lowest BCUT2D eigenvalue weighted by atomic mass is 10.0. The topological polar surface area (TPSA) is 155 Å². The molecule has 0 saturated carbocycles. The lowest BCUT2D eigenvalue weighted by Crippen LogP contribution is -2.30. The molecule has 3 atom stereocenters. The monoisotopic (exact) mass is 1090 g/mol. The molecule has 0 saturated heterocycles. The van der Waals surface area contributed by atoms with Crippen molar-refractivity contribution in [3.63, 3.8) is 0 Å². The van der Waals surface area contributed by atoms with Crippen molar-refractivity contribution in [2.75, 3.05) is 26.4 Å². The van der Waals surface area contributed by atoms with E-state index in [4.69, 9.17) is 23.3 Å². The van der Waals surface area contributed by atoms with Crippen LogP contribution in [0.1, 0.15) is 265 Å². The fourth-order valence-corrected chi connectivity index (χ4v) is 9.03. The van der Waals surface area contributed by atoms with E-state index in [0.717, 1.165) is 128 Å². The van der Waals surface area contributed by atoms with E-state index in [0.29, 0.717) is 19.3 Å². The molecule has 0 amide bonds. The van der Waals surface area contributed by atoms with Crippen LogP contribution in [0.5, 0.6) is 0 Å². The first-order valence-electron chi connectivity index (χ1n) is 30.5. The van der Waals surface area contributed by atoms with E-state index in [9.17, 15) is 28.9 Å². The van der Waals surface area contributed by atoms with Crippen molar-refractivity contribution in [3.8, 4) is 0 Å². The van der Waals surface area contributed by atoms with Crippen LogP contribution in [0.4, 0.5) is 0 Å². The van der Waals surface area contributed by atoms with Crippen molar-refractivity contribution in [1.29, 1.82) is 0 Å². The zero-order valence-corrected chi connectivity index (χ0v) is 49.3. The molecule has 0 aromatic rings. The molecule has 0 aliphatic heterocycles. The molecule has 0 aromatic heterocycles. The molecule has 2 N–H and O–H groups in total. The predicted octanol–water partition coefficient (Wildman–Crippen LogP) is 18.3. The van der Waals surface area contributed by atoms with E-state index in [1.165, 1.54) is 77.0 Å². The molecule has 0 spiro atoms. The van der Waals surface area contributed by atoms with Crippen LogP contribution in [-0.4, -0.2) is 66.5 Å². The molecule has 0 aromatic carbocycles. The Morgan fingerprint density at radius 3 is 1.05 bits per heavy atom. The first-order valence-corrected chi connectivity index (χ1v) is 32.0. The Morgan fingerprint density at radius 1 is 0.382 bits per heavy atom. The maximum absolute atomic E-state index is 12.9. The molecule has 76 heavy (non-hydrogen) atoms. The number of ether oxygens (including phenoxy) is 3. The van der Waals surface area contributed by atoms with E-state index < -0.39 is 57.8 Å². The zero-order chi connectivity index (χ0) is 55.5. The fraction of sp³-hybridized carbons (Fsp3) is 0.734. The predicted molar refractivity (Wildman–Crippen MR) is 316 cm³/mol. The van der Waals surface area contributed by atoms with Crippen LogP contribution in [0.2, 0.25) is 0 Å². The molecule has 0 bridgehead atoms. The minimum Gasteiger partial charge on any atom is -0.462 e. The van der Waals surface area contributed by atoms with E-state index in [1.54, 1.807) is 0 Å². The maximum atomic E-state index is 12.9. The summed E-state index contributed by atoms with van der Waals surface area (Å²) in [6.07, 6.45) is 66.7. The smallest absolute Gasteiger partial charge is 0.462 e. The van der Waals surface area contributed by atoms with Crippen LogP contribution in [0.3, 0.4) is 0 Å². The lowest BCUT2D eigenvalue weighted by Gasteiger charge is -2.21. The van der Waals surface area contributed by atoms with Gasteiger partial charge in [0.1, 0.15) is 12.7 Å². The number of aliphatic hydroxyl groups excluding tert-OH is 1. The SMILES string of the molecule is CC/C=C\C/C=C\C/C=C\C/C=C\CCCCCCC(=O)OCC(COP(=O)(O)OCC(CO)OC(=O)CCCCCCCCCCCCCCCCC)OC(=O)CCCCCCCCC/C=C\C/C=C\C/C=C\CC. The first kappa shape index (κ1) is 72.7. The van der Waals surface area contributed by atoms with Gasteiger partial charge in [-0.2, -0.15) is 0 Å². The van der Waals surface area contributed by atoms with Gasteiger partial charge < -0.3 is 24.2 Å². The van der Waals surface area contributed by atoms with Gasteiger partial charge in [-0.15, -0.1) is 0 Å². The van der Waals surface area contributed by atoms with Gasteiger partial charge in [0, 0.05) is 19.3 Å². The van der Waals surface area contributed by atoms with Crippen LogP contribution >= 0.6 is 7.82 Å². The van der Waals surface area contributed by atoms with Crippen molar-refractivity contribution in [3.05, 3.63) is 85.1 Å². The van der Waals surface area contributed by atoms with E-state index in [-0.39, 0.29) is 25.9 Å². The Hall–Kier alpha value is -3.34. The standard InChI is InChI=1S/C64H111O11P/c1-4-7-10-13-16-19-22-25-28-30-33-35-38-41-44-47-50-53-62(66)71-57-61(75-64(68)55-52-49-46-43-40-37-34-31-29-26-23-20-17-14-11-8-5-2)59-73-76(69,70)72-58-60(56-65)74-63(67)54-51-48-45-42-39-36-32-27-24-21-18-15-12-9-6-3/h7-8,10-11,16-17,19-20,25-26,28-29,33,35,60-61,65H,4-6,9,12-15,18,21-24,27,30-32,34,36-59H2,1-3H3,(H,69,70)/b10-7-,11-8-,19-16-,20-17-,28-25-,29-26-,35-33-. The maximum Gasteiger partial charge on any atom is 0.472 e. The van der Waals surface area contributed by atoms with Crippen molar-refractivity contribution >= 4 is 25.7 Å². The van der Waals surface area contributed by atoms with Crippen molar-refractivity contribution in [2.24, 2.45) is 0 Å². The molecule has 0 radical (unpaired) electrons. The highest BCUT2D eigenvalue weighted by molar-refractivity contribution is 7.47. The lowest BCUT2D eigenvalue weighted by molar-refractivity contribution is -0.161. The van der Waals surface area contributed by atoms with Gasteiger partial charge in [-0.25, -0.2) is 4.57 Å². The number of esters is 3. The summed E-state index contributed by atoms with van der Waals surface area (Å²) in [5.41, 5.74) is 0. The number of phosphoric acid groups is 1. The fourth-order valence-electron chi connectivity index (χ4n) is 8.25.